The maximum absolute atomic E-state index is 13.9. The minimum Gasteiger partial charge on any atom is -0.477 e. The number of hydrogen-bond acceptors (Lipinski definition) is 7. The molecule has 192 valence electrons. The van der Waals surface area contributed by atoms with E-state index in [1.807, 2.05) is 11.0 Å². The number of benzene rings is 1. The molecule has 1 saturated heterocycles. The molecule has 3 heterocycles. The SMILES string of the molecule is Cc1cc(-c2cn(CCN(C)C(C)C)c(C3CCN(c4ncnc(N)c4C(=O)O)CC3)n2)ccc1F. The summed E-state index contributed by atoms with van der Waals surface area (Å²) in [5, 5.41) is 9.61. The molecule has 0 saturated carbocycles. The minimum atomic E-state index is -1.13. The number of likely N-dealkylation sites (N-methyl/N-ethyl adjacent to an activating group) is 1. The number of carbonyl (C=O) groups is 1. The average Bonchev–Trinajstić information content (AvgIpc) is 3.28. The van der Waals surface area contributed by atoms with E-state index in [9.17, 15) is 14.3 Å². The van der Waals surface area contributed by atoms with Gasteiger partial charge in [0.15, 0.2) is 0 Å². The smallest absolute Gasteiger partial charge is 0.343 e. The van der Waals surface area contributed by atoms with E-state index in [1.54, 1.807) is 13.0 Å². The van der Waals surface area contributed by atoms with Crippen LogP contribution in [0.2, 0.25) is 0 Å². The van der Waals surface area contributed by atoms with Crippen LogP contribution < -0.4 is 10.6 Å². The first-order valence-corrected chi connectivity index (χ1v) is 12.3. The number of halogens is 1. The number of aromatic carboxylic acids is 1. The zero-order valence-corrected chi connectivity index (χ0v) is 21.3. The van der Waals surface area contributed by atoms with Gasteiger partial charge >= 0.3 is 5.97 Å². The lowest BCUT2D eigenvalue weighted by Gasteiger charge is -2.33. The number of aryl methyl sites for hydroxylation is 1. The van der Waals surface area contributed by atoms with Crippen LogP contribution in [0.5, 0.6) is 0 Å². The molecule has 10 heteroatoms. The highest BCUT2D eigenvalue weighted by Gasteiger charge is 2.29. The molecule has 3 aromatic rings. The predicted octanol–water partition coefficient (Wildman–Crippen LogP) is 3.79. The Balaban J connectivity index is 1.58. The number of carboxylic acids is 1. The molecule has 1 fully saturated rings. The van der Waals surface area contributed by atoms with Crippen LogP contribution in [0, 0.1) is 12.7 Å². The standard InChI is InChI=1S/C26H34FN7O2/c1-16(2)32(4)11-12-34-14-21(19-5-6-20(27)17(3)13-19)31-24(34)18-7-9-33(10-8-18)25-22(26(35)36)23(28)29-15-30-25/h5-6,13-16,18H,7-12H2,1-4H3,(H,35,36)(H2,28,29,30). The molecule has 0 bridgehead atoms. The molecule has 3 N–H and O–H groups in total. The van der Waals surface area contributed by atoms with E-state index in [0.29, 0.717) is 30.5 Å². The third kappa shape index (κ3) is 5.33. The fourth-order valence-electron chi connectivity index (χ4n) is 4.59. The molecule has 1 aliphatic heterocycles. The molecule has 0 spiro atoms. The van der Waals surface area contributed by atoms with Crippen LogP contribution in [-0.4, -0.2) is 68.2 Å². The molecule has 0 atom stereocenters. The van der Waals surface area contributed by atoms with Crippen molar-refractivity contribution in [2.24, 2.45) is 0 Å². The number of aromatic nitrogens is 4. The lowest BCUT2D eigenvalue weighted by atomic mass is 9.95. The summed E-state index contributed by atoms with van der Waals surface area (Å²) in [5.74, 6) is 0.180. The summed E-state index contributed by atoms with van der Waals surface area (Å²) in [5.41, 5.74) is 8.09. The second-order valence-corrected chi connectivity index (χ2v) is 9.74. The van der Waals surface area contributed by atoms with Gasteiger partial charge in [0.05, 0.1) is 5.69 Å². The molecule has 2 aromatic heterocycles. The zero-order valence-electron chi connectivity index (χ0n) is 21.3. The van der Waals surface area contributed by atoms with E-state index >= 15 is 0 Å². The van der Waals surface area contributed by atoms with Gasteiger partial charge in [-0.1, -0.05) is 0 Å². The Bertz CT molecular complexity index is 1240. The van der Waals surface area contributed by atoms with Crippen molar-refractivity contribution in [1.82, 2.24) is 24.4 Å². The van der Waals surface area contributed by atoms with Crippen molar-refractivity contribution < 1.29 is 14.3 Å². The maximum atomic E-state index is 13.9. The number of piperidine rings is 1. The molecule has 0 amide bonds. The van der Waals surface area contributed by atoms with Crippen LogP contribution in [0.3, 0.4) is 0 Å². The minimum absolute atomic E-state index is 0.0290. The fraction of sp³-hybridized carbons (Fsp3) is 0.462. The highest BCUT2D eigenvalue weighted by Crippen LogP contribution is 2.33. The van der Waals surface area contributed by atoms with E-state index in [-0.39, 0.29) is 23.1 Å². The molecule has 4 rings (SSSR count). The Morgan fingerprint density at radius 3 is 2.64 bits per heavy atom. The van der Waals surface area contributed by atoms with Crippen LogP contribution in [0.15, 0.2) is 30.7 Å². The summed E-state index contributed by atoms with van der Waals surface area (Å²) in [4.78, 5) is 29.1. The molecule has 0 aliphatic carbocycles. The predicted molar refractivity (Wildman–Crippen MR) is 138 cm³/mol. The van der Waals surface area contributed by atoms with E-state index in [1.165, 1.54) is 12.4 Å². The van der Waals surface area contributed by atoms with Gasteiger partial charge < -0.3 is 25.2 Å². The summed E-state index contributed by atoms with van der Waals surface area (Å²) in [6.07, 6.45) is 4.96. The summed E-state index contributed by atoms with van der Waals surface area (Å²) in [6.45, 7) is 9.03. The van der Waals surface area contributed by atoms with Gasteiger partial charge in [0.1, 0.15) is 35.2 Å². The van der Waals surface area contributed by atoms with Crippen LogP contribution in [0.1, 0.15) is 54.4 Å². The van der Waals surface area contributed by atoms with Gasteiger partial charge in [0, 0.05) is 49.9 Å². The highest BCUT2D eigenvalue weighted by molar-refractivity contribution is 5.98. The monoisotopic (exact) mass is 495 g/mol. The number of nitrogens with zero attached hydrogens (tertiary/aromatic N) is 6. The van der Waals surface area contributed by atoms with Crippen molar-refractivity contribution in [3.63, 3.8) is 0 Å². The largest absolute Gasteiger partial charge is 0.477 e. The van der Waals surface area contributed by atoms with Gasteiger partial charge in [-0.25, -0.2) is 24.1 Å². The van der Waals surface area contributed by atoms with Gasteiger partial charge in [0.25, 0.3) is 0 Å². The first-order chi connectivity index (χ1) is 17.2. The van der Waals surface area contributed by atoms with E-state index in [4.69, 9.17) is 10.7 Å². The lowest BCUT2D eigenvalue weighted by molar-refractivity contribution is 0.0698. The van der Waals surface area contributed by atoms with E-state index in [2.05, 4.69) is 46.5 Å². The topological polar surface area (TPSA) is 113 Å². The van der Waals surface area contributed by atoms with Gasteiger partial charge in [-0.2, -0.15) is 0 Å². The third-order valence-electron chi connectivity index (χ3n) is 7.07. The Morgan fingerprint density at radius 2 is 2.00 bits per heavy atom. The molecule has 1 aliphatic rings. The Labute approximate surface area is 210 Å². The van der Waals surface area contributed by atoms with Crippen molar-refractivity contribution >= 4 is 17.6 Å². The number of nitrogen functional groups attached to an aromatic ring is 1. The van der Waals surface area contributed by atoms with Gasteiger partial charge in [0.2, 0.25) is 0 Å². The van der Waals surface area contributed by atoms with Crippen molar-refractivity contribution in [1.29, 1.82) is 0 Å². The molecule has 0 radical (unpaired) electrons. The second kappa shape index (κ2) is 10.6. The first kappa shape index (κ1) is 25.6. The second-order valence-electron chi connectivity index (χ2n) is 9.74. The summed E-state index contributed by atoms with van der Waals surface area (Å²) in [7, 11) is 2.11. The third-order valence-corrected chi connectivity index (χ3v) is 7.07. The molecular weight excluding hydrogens is 461 g/mol. The number of carboxylic acid groups (broad SMARTS) is 1. The maximum Gasteiger partial charge on any atom is 0.343 e. The van der Waals surface area contributed by atoms with Crippen molar-refractivity contribution in [3.8, 4) is 11.3 Å². The number of hydrogen-bond donors (Lipinski definition) is 2. The number of rotatable bonds is 8. The fourth-order valence-corrected chi connectivity index (χ4v) is 4.59. The van der Waals surface area contributed by atoms with Gasteiger partial charge in [-0.05, 0) is 64.4 Å². The van der Waals surface area contributed by atoms with Crippen LogP contribution in [0.4, 0.5) is 16.0 Å². The quantitative estimate of drug-likeness (QED) is 0.485. The molecule has 36 heavy (non-hydrogen) atoms. The van der Waals surface area contributed by atoms with Crippen LogP contribution >= 0.6 is 0 Å². The average molecular weight is 496 g/mol. The van der Waals surface area contributed by atoms with Crippen LogP contribution in [-0.2, 0) is 6.54 Å². The number of imidazole rings is 1. The lowest BCUT2D eigenvalue weighted by Crippen LogP contribution is -2.36. The molecule has 9 nitrogen and oxygen atoms in total. The number of nitrogens with two attached hydrogens (primary N) is 1. The number of anilines is 2. The normalized spacial score (nSPS) is 14.7. The van der Waals surface area contributed by atoms with Crippen molar-refractivity contribution in [3.05, 3.63) is 53.5 Å². The van der Waals surface area contributed by atoms with Crippen molar-refractivity contribution in [2.45, 2.75) is 52.1 Å². The Kier molecular flexibility index (Phi) is 7.53. The Hall–Kier alpha value is -3.53. The summed E-state index contributed by atoms with van der Waals surface area (Å²) in [6, 6.07) is 5.53. The van der Waals surface area contributed by atoms with Crippen molar-refractivity contribution in [2.75, 3.05) is 37.3 Å². The molecule has 1 aromatic carbocycles. The zero-order chi connectivity index (χ0) is 26.0. The molecule has 0 unspecified atom stereocenters. The highest BCUT2D eigenvalue weighted by atomic mass is 19.1. The van der Waals surface area contributed by atoms with E-state index in [0.717, 1.165) is 43.0 Å². The summed E-state index contributed by atoms with van der Waals surface area (Å²) < 4.78 is 16.1. The molecular formula is C26H34FN7O2. The first-order valence-electron chi connectivity index (χ1n) is 12.3. The van der Waals surface area contributed by atoms with Gasteiger partial charge in [-0.15, -0.1) is 0 Å². The van der Waals surface area contributed by atoms with Crippen LogP contribution in [0.25, 0.3) is 11.3 Å². The Morgan fingerprint density at radius 1 is 1.28 bits per heavy atom. The van der Waals surface area contributed by atoms with E-state index < -0.39 is 5.97 Å². The summed E-state index contributed by atoms with van der Waals surface area (Å²) >= 11 is 0. The van der Waals surface area contributed by atoms with Gasteiger partial charge in [-0.3, -0.25) is 0 Å².